The number of aromatic nitrogens is 2. The number of rotatable bonds is 4. The lowest BCUT2D eigenvalue weighted by Crippen LogP contribution is -2.03. The fourth-order valence-electron chi connectivity index (χ4n) is 8.31. The van der Waals surface area contributed by atoms with Gasteiger partial charge in [-0.1, -0.05) is 115 Å². The van der Waals surface area contributed by atoms with Crippen LogP contribution in [0.4, 0.5) is 0 Å². The second kappa shape index (κ2) is 11.6. The van der Waals surface area contributed by atoms with Crippen molar-refractivity contribution in [3.05, 3.63) is 192 Å². The topological polar surface area (TPSA) is 26.9 Å². The van der Waals surface area contributed by atoms with Crippen LogP contribution in [0.15, 0.2) is 187 Å². The Kier molecular flexibility index (Phi) is 6.57. The van der Waals surface area contributed by atoms with Gasteiger partial charge in [-0.05, 0) is 89.0 Å². The minimum absolute atomic E-state index is 0.0732. The van der Waals surface area contributed by atoms with E-state index in [4.69, 9.17) is 0 Å². The monoisotopic (exact) mass is 694 g/mol. The van der Waals surface area contributed by atoms with Gasteiger partial charge in [-0.2, -0.15) is 0 Å². The number of benzene rings is 8. The molecule has 8 aromatic carbocycles. The summed E-state index contributed by atoms with van der Waals surface area (Å²) in [6, 6.07) is 64.1. The number of nitrogens with zero attached hydrogens (tertiary/aromatic N) is 2. The van der Waals surface area contributed by atoms with Gasteiger partial charge in [-0.15, -0.1) is 11.3 Å². The molecule has 0 aliphatic carbocycles. The molecule has 0 spiro atoms. The maximum absolute atomic E-state index is 14.3. The average molecular weight is 695 g/mol. The minimum Gasteiger partial charge on any atom is -0.309 e. The van der Waals surface area contributed by atoms with Crippen LogP contribution < -0.4 is 5.43 Å². The maximum Gasteiger partial charge on any atom is 0.196 e. The van der Waals surface area contributed by atoms with Crippen LogP contribution >= 0.6 is 11.3 Å². The zero-order valence-electron chi connectivity index (χ0n) is 28.5. The largest absolute Gasteiger partial charge is 0.309 e. The lowest BCUT2D eigenvalue weighted by atomic mass is 9.99. The second-order valence-electron chi connectivity index (χ2n) is 13.7. The molecule has 4 heteroatoms. The van der Waals surface area contributed by atoms with Crippen LogP contribution in [0.25, 0.3) is 97.4 Å². The number of fused-ring (bicyclic) bond motifs is 8. The lowest BCUT2D eigenvalue weighted by Gasteiger charge is -2.12. The highest BCUT2D eigenvalue weighted by molar-refractivity contribution is 7.24. The molecule has 3 nitrogen and oxygen atoms in total. The molecule has 0 fully saturated rings. The third kappa shape index (κ3) is 4.56. The molecule has 0 unspecified atom stereocenters. The van der Waals surface area contributed by atoms with Gasteiger partial charge in [0.25, 0.3) is 0 Å². The molecule has 11 rings (SSSR count). The SMILES string of the molecule is O=c1c2ccc(-c3ccc(-n4c5ccccc5c5ccccc54)cc3)cc2sc2cccc(-c3ccc(-n4c5ccccc5c5ccccc54)cc3)c12. The molecule has 0 amide bonds. The van der Waals surface area contributed by atoms with Gasteiger partial charge in [0, 0.05) is 53.1 Å². The van der Waals surface area contributed by atoms with Gasteiger partial charge in [0.2, 0.25) is 0 Å². The smallest absolute Gasteiger partial charge is 0.196 e. The first-order valence-corrected chi connectivity index (χ1v) is 18.7. The molecule has 11 aromatic rings. The van der Waals surface area contributed by atoms with Crippen molar-refractivity contribution in [3.63, 3.8) is 0 Å². The van der Waals surface area contributed by atoms with Crippen LogP contribution in [0.5, 0.6) is 0 Å². The van der Waals surface area contributed by atoms with E-state index in [1.54, 1.807) is 11.3 Å². The highest BCUT2D eigenvalue weighted by Crippen LogP contribution is 2.37. The van der Waals surface area contributed by atoms with E-state index in [1.165, 1.54) is 43.6 Å². The van der Waals surface area contributed by atoms with Crippen molar-refractivity contribution in [2.45, 2.75) is 0 Å². The molecular formula is C49H30N2OS. The molecule has 0 aliphatic rings. The van der Waals surface area contributed by atoms with Gasteiger partial charge in [-0.3, -0.25) is 4.79 Å². The summed E-state index contributed by atoms with van der Waals surface area (Å²) in [5, 5.41) is 6.52. The molecule has 248 valence electrons. The Labute approximate surface area is 308 Å². The molecule has 0 radical (unpaired) electrons. The summed E-state index contributed by atoms with van der Waals surface area (Å²) in [4.78, 5) is 14.3. The summed E-state index contributed by atoms with van der Waals surface area (Å²) in [7, 11) is 0. The second-order valence-corrected chi connectivity index (χ2v) is 14.7. The van der Waals surface area contributed by atoms with Gasteiger partial charge >= 0.3 is 0 Å². The van der Waals surface area contributed by atoms with Gasteiger partial charge in [0.05, 0.1) is 22.1 Å². The van der Waals surface area contributed by atoms with E-state index in [9.17, 15) is 4.79 Å². The summed E-state index contributed by atoms with van der Waals surface area (Å²) in [6.07, 6.45) is 0. The molecule has 53 heavy (non-hydrogen) atoms. The van der Waals surface area contributed by atoms with Crippen molar-refractivity contribution in [2.75, 3.05) is 0 Å². The molecule has 0 saturated heterocycles. The first kappa shape index (κ1) is 29.9. The minimum atomic E-state index is 0.0732. The van der Waals surface area contributed by atoms with Crippen molar-refractivity contribution in [1.82, 2.24) is 9.13 Å². The first-order chi connectivity index (χ1) is 26.2. The summed E-state index contributed by atoms with van der Waals surface area (Å²) in [5.41, 5.74) is 11.3. The summed E-state index contributed by atoms with van der Waals surface area (Å²) >= 11 is 1.68. The van der Waals surface area contributed by atoms with Gasteiger partial charge < -0.3 is 9.13 Å². The highest BCUT2D eigenvalue weighted by atomic mass is 32.1. The normalized spacial score (nSPS) is 11.8. The standard InChI is InChI=1S/C49H30N2OS/c52-49-41-29-24-33(31-20-25-34(26-21-31)50-42-15-5-1-10-37(42)38-11-2-6-16-43(38)50)30-47(41)53-46-19-9-14-36(48(46)49)32-22-27-35(28-23-32)51-44-17-7-3-12-39(44)40-13-4-8-18-45(40)51/h1-30H. The van der Waals surface area contributed by atoms with E-state index in [0.29, 0.717) is 0 Å². The molecule has 3 aromatic heterocycles. The summed E-state index contributed by atoms with van der Waals surface area (Å²) < 4.78 is 6.64. The van der Waals surface area contributed by atoms with E-state index in [1.807, 2.05) is 6.07 Å². The van der Waals surface area contributed by atoms with Gasteiger partial charge in [-0.25, -0.2) is 0 Å². The number of hydrogen-bond donors (Lipinski definition) is 0. The Hall–Kier alpha value is -6.75. The molecular weight excluding hydrogens is 665 g/mol. The highest BCUT2D eigenvalue weighted by Gasteiger charge is 2.16. The fourth-order valence-corrected chi connectivity index (χ4v) is 9.46. The van der Waals surface area contributed by atoms with Crippen molar-refractivity contribution < 1.29 is 0 Å². The quantitative estimate of drug-likeness (QED) is 0.169. The maximum atomic E-state index is 14.3. The van der Waals surface area contributed by atoms with E-state index in [-0.39, 0.29) is 5.43 Å². The predicted molar refractivity (Wildman–Crippen MR) is 225 cm³/mol. The van der Waals surface area contributed by atoms with Crippen LogP contribution in [0.1, 0.15) is 0 Å². The molecule has 0 aliphatic heterocycles. The van der Waals surface area contributed by atoms with E-state index in [0.717, 1.165) is 53.8 Å². The first-order valence-electron chi connectivity index (χ1n) is 17.9. The third-order valence-electron chi connectivity index (χ3n) is 10.8. The zero-order valence-corrected chi connectivity index (χ0v) is 29.3. The van der Waals surface area contributed by atoms with Crippen LogP contribution in [0.3, 0.4) is 0 Å². The van der Waals surface area contributed by atoms with Crippen molar-refractivity contribution in [3.8, 4) is 33.6 Å². The van der Waals surface area contributed by atoms with Crippen molar-refractivity contribution in [1.29, 1.82) is 0 Å². The van der Waals surface area contributed by atoms with Gasteiger partial charge in [0.15, 0.2) is 5.43 Å². The molecule has 3 heterocycles. The Balaban J connectivity index is 0.968. The van der Waals surface area contributed by atoms with E-state index >= 15 is 0 Å². The predicted octanol–water partition coefficient (Wildman–Crippen LogP) is 12.9. The number of hydrogen-bond acceptors (Lipinski definition) is 2. The zero-order chi connectivity index (χ0) is 35.0. The fraction of sp³-hybridized carbons (Fsp3) is 0. The Morgan fingerprint density at radius 1 is 0.358 bits per heavy atom. The molecule has 0 atom stereocenters. The Morgan fingerprint density at radius 2 is 0.811 bits per heavy atom. The molecule has 0 N–H and O–H groups in total. The lowest BCUT2D eigenvalue weighted by molar-refractivity contribution is 1.18. The van der Waals surface area contributed by atoms with Crippen LogP contribution in [0, 0.1) is 0 Å². The van der Waals surface area contributed by atoms with Crippen LogP contribution in [0.2, 0.25) is 0 Å². The number of para-hydroxylation sites is 4. The Bertz CT molecular complexity index is 3180. The van der Waals surface area contributed by atoms with E-state index in [2.05, 4.69) is 185 Å². The summed E-state index contributed by atoms with van der Waals surface area (Å²) in [5.74, 6) is 0. The van der Waals surface area contributed by atoms with Crippen molar-refractivity contribution >= 4 is 75.1 Å². The van der Waals surface area contributed by atoms with E-state index < -0.39 is 0 Å². The van der Waals surface area contributed by atoms with Gasteiger partial charge in [0.1, 0.15) is 0 Å². The summed E-state index contributed by atoms with van der Waals surface area (Å²) in [6.45, 7) is 0. The van der Waals surface area contributed by atoms with Crippen molar-refractivity contribution in [2.24, 2.45) is 0 Å². The Morgan fingerprint density at radius 3 is 1.32 bits per heavy atom. The molecule has 0 saturated carbocycles. The average Bonchev–Trinajstić information content (AvgIpc) is 3.74. The molecule has 0 bridgehead atoms. The van der Waals surface area contributed by atoms with Crippen LogP contribution in [-0.4, -0.2) is 9.13 Å². The van der Waals surface area contributed by atoms with Crippen LogP contribution in [-0.2, 0) is 0 Å². The third-order valence-corrected chi connectivity index (χ3v) is 11.9.